The molecule has 0 spiro atoms. The first-order valence-corrected chi connectivity index (χ1v) is 8.54. The monoisotopic (exact) mass is 376 g/mol. The molecule has 1 aliphatic heterocycles. The van der Waals surface area contributed by atoms with Crippen LogP contribution in [0.5, 0.6) is 0 Å². The third-order valence-electron chi connectivity index (χ3n) is 4.57. The standard InChI is InChI=1S/C19H18ClFN2O3/c1-22(11-13-7-6-12(19(25)26)10-15(13)21)17-8-9-23(18(17)24)16-5-3-2-4-14(16)20/h2-7,10,17H,8-9,11H2,1H3,(H,25,26). The number of nitrogens with zero attached hydrogens (tertiary/aromatic N) is 2. The van der Waals surface area contributed by atoms with Crippen LogP contribution in [0.25, 0.3) is 0 Å². The van der Waals surface area contributed by atoms with E-state index in [2.05, 4.69) is 0 Å². The number of benzene rings is 2. The number of aromatic carboxylic acids is 1. The molecule has 136 valence electrons. The van der Waals surface area contributed by atoms with E-state index in [1.54, 1.807) is 35.0 Å². The number of carbonyl (C=O) groups excluding carboxylic acids is 1. The second kappa shape index (κ2) is 7.43. The molecule has 1 heterocycles. The number of halogens is 2. The first-order chi connectivity index (χ1) is 12.4. The zero-order valence-corrected chi connectivity index (χ0v) is 14.9. The third kappa shape index (κ3) is 3.57. The van der Waals surface area contributed by atoms with Gasteiger partial charge in [-0.1, -0.05) is 29.8 Å². The van der Waals surface area contributed by atoms with E-state index in [9.17, 15) is 14.0 Å². The molecule has 1 atom stereocenters. The van der Waals surface area contributed by atoms with Crippen molar-refractivity contribution in [3.05, 3.63) is 64.4 Å². The van der Waals surface area contributed by atoms with Gasteiger partial charge in [0.1, 0.15) is 5.82 Å². The number of carboxylic acids is 1. The summed E-state index contributed by atoms with van der Waals surface area (Å²) in [6.07, 6.45) is 0.607. The molecule has 0 aliphatic carbocycles. The van der Waals surface area contributed by atoms with Crippen LogP contribution >= 0.6 is 11.6 Å². The Kier molecular flexibility index (Phi) is 5.25. The maximum absolute atomic E-state index is 14.1. The second-order valence-electron chi connectivity index (χ2n) is 6.27. The van der Waals surface area contributed by atoms with Crippen LogP contribution in [0.1, 0.15) is 22.3 Å². The molecule has 1 N–H and O–H groups in total. The Labute approximate surface area is 155 Å². The summed E-state index contributed by atoms with van der Waals surface area (Å²) >= 11 is 6.18. The van der Waals surface area contributed by atoms with Gasteiger partial charge in [0.15, 0.2) is 0 Å². The van der Waals surface area contributed by atoms with Gasteiger partial charge in [0, 0.05) is 18.7 Å². The van der Waals surface area contributed by atoms with E-state index in [1.165, 1.54) is 12.1 Å². The molecule has 1 fully saturated rings. The Morgan fingerprint density at radius 3 is 2.73 bits per heavy atom. The summed E-state index contributed by atoms with van der Waals surface area (Å²) < 4.78 is 14.1. The lowest BCUT2D eigenvalue weighted by molar-refractivity contribution is -0.121. The van der Waals surface area contributed by atoms with Crippen LogP contribution in [0, 0.1) is 5.82 Å². The van der Waals surface area contributed by atoms with Gasteiger partial charge in [0.25, 0.3) is 0 Å². The molecule has 5 nitrogen and oxygen atoms in total. The van der Waals surface area contributed by atoms with Gasteiger partial charge in [0.2, 0.25) is 5.91 Å². The van der Waals surface area contributed by atoms with Crippen LogP contribution in [0.3, 0.4) is 0 Å². The predicted octanol–water partition coefficient (Wildman–Crippen LogP) is 3.41. The molecule has 2 aromatic carbocycles. The van der Waals surface area contributed by atoms with Crippen molar-refractivity contribution in [1.82, 2.24) is 4.90 Å². The maximum Gasteiger partial charge on any atom is 0.335 e. The molecule has 2 aromatic rings. The first kappa shape index (κ1) is 18.4. The Bertz CT molecular complexity index is 858. The van der Waals surface area contributed by atoms with Crippen molar-refractivity contribution < 1.29 is 19.1 Å². The highest BCUT2D eigenvalue weighted by molar-refractivity contribution is 6.33. The molecule has 0 saturated carbocycles. The number of carbonyl (C=O) groups is 2. The summed E-state index contributed by atoms with van der Waals surface area (Å²) in [7, 11) is 1.75. The van der Waals surface area contributed by atoms with Gasteiger partial charge in [0.05, 0.1) is 22.3 Å². The molecule has 0 aromatic heterocycles. The summed E-state index contributed by atoms with van der Waals surface area (Å²) in [5.41, 5.74) is 0.921. The Hall–Kier alpha value is -2.44. The molecule has 1 amide bonds. The normalized spacial score (nSPS) is 17.2. The van der Waals surface area contributed by atoms with Crippen molar-refractivity contribution in [3.63, 3.8) is 0 Å². The minimum Gasteiger partial charge on any atom is -0.478 e. The van der Waals surface area contributed by atoms with E-state index < -0.39 is 11.8 Å². The van der Waals surface area contributed by atoms with E-state index in [-0.39, 0.29) is 24.1 Å². The maximum atomic E-state index is 14.1. The zero-order valence-electron chi connectivity index (χ0n) is 14.2. The number of hydrogen-bond donors (Lipinski definition) is 1. The summed E-state index contributed by atoms with van der Waals surface area (Å²) in [6.45, 7) is 0.747. The lowest BCUT2D eigenvalue weighted by Crippen LogP contribution is -2.39. The van der Waals surface area contributed by atoms with Crippen molar-refractivity contribution in [2.75, 3.05) is 18.5 Å². The van der Waals surface area contributed by atoms with Crippen molar-refractivity contribution in [2.45, 2.75) is 19.0 Å². The Morgan fingerprint density at radius 2 is 2.08 bits per heavy atom. The molecule has 3 rings (SSSR count). The number of anilines is 1. The summed E-state index contributed by atoms with van der Waals surface area (Å²) in [5.74, 6) is -1.85. The smallest absolute Gasteiger partial charge is 0.335 e. The fraction of sp³-hybridized carbons (Fsp3) is 0.263. The van der Waals surface area contributed by atoms with Crippen molar-refractivity contribution >= 4 is 29.2 Å². The number of carboxylic acid groups (broad SMARTS) is 1. The Morgan fingerprint density at radius 1 is 1.35 bits per heavy atom. The largest absolute Gasteiger partial charge is 0.478 e. The fourth-order valence-electron chi connectivity index (χ4n) is 3.17. The molecule has 26 heavy (non-hydrogen) atoms. The lowest BCUT2D eigenvalue weighted by Gasteiger charge is -2.24. The fourth-order valence-corrected chi connectivity index (χ4v) is 3.41. The average Bonchev–Trinajstić information content (AvgIpc) is 2.98. The van der Waals surface area contributed by atoms with Gasteiger partial charge in [-0.15, -0.1) is 0 Å². The molecule has 0 radical (unpaired) electrons. The quantitative estimate of drug-likeness (QED) is 0.868. The van der Waals surface area contributed by atoms with Crippen LogP contribution in [0.15, 0.2) is 42.5 Å². The van der Waals surface area contributed by atoms with Gasteiger partial charge in [-0.05, 0) is 37.7 Å². The van der Waals surface area contributed by atoms with E-state index >= 15 is 0 Å². The zero-order chi connectivity index (χ0) is 18.8. The van der Waals surface area contributed by atoms with Crippen LogP contribution in [0.2, 0.25) is 5.02 Å². The van der Waals surface area contributed by atoms with E-state index in [4.69, 9.17) is 16.7 Å². The van der Waals surface area contributed by atoms with Crippen LogP contribution < -0.4 is 4.90 Å². The predicted molar refractivity (Wildman–Crippen MR) is 97.0 cm³/mol. The number of para-hydroxylation sites is 1. The van der Waals surface area contributed by atoms with Gasteiger partial charge < -0.3 is 10.0 Å². The minimum absolute atomic E-state index is 0.0804. The van der Waals surface area contributed by atoms with E-state index in [0.29, 0.717) is 29.2 Å². The highest BCUT2D eigenvalue weighted by Crippen LogP contribution is 2.30. The molecule has 0 bridgehead atoms. The summed E-state index contributed by atoms with van der Waals surface area (Å²) in [5, 5.41) is 9.42. The van der Waals surface area contributed by atoms with Gasteiger partial charge in [-0.2, -0.15) is 0 Å². The van der Waals surface area contributed by atoms with E-state index in [1.807, 2.05) is 6.07 Å². The van der Waals surface area contributed by atoms with Crippen molar-refractivity contribution in [1.29, 1.82) is 0 Å². The van der Waals surface area contributed by atoms with Gasteiger partial charge in [-0.3, -0.25) is 9.69 Å². The molecule has 1 aliphatic rings. The van der Waals surface area contributed by atoms with Gasteiger partial charge in [-0.25, -0.2) is 9.18 Å². The topological polar surface area (TPSA) is 60.9 Å². The van der Waals surface area contributed by atoms with Crippen molar-refractivity contribution in [3.8, 4) is 0 Å². The summed E-state index contributed by atoms with van der Waals surface area (Å²) in [4.78, 5) is 27.1. The van der Waals surface area contributed by atoms with Gasteiger partial charge >= 0.3 is 5.97 Å². The third-order valence-corrected chi connectivity index (χ3v) is 4.89. The van der Waals surface area contributed by atoms with Crippen LogP contribution in [-0.4, -0.2) is 41.5 Å². The summed E-state index contributed by atoms with van der Waals surface area (Å²) in [6, 6.07) is 10.6. The highest BCUT2D eigenvalue weighted by atomic mass is 35.5. The first-order valence-electron chi connectivity index (χ1n) is 8.16. The average molecular weight is 377 g/mol. The minimum atomic E-state index is -1.18. The van der Waals surface area contributed by atoms with Crippen LogP contribution in [-0.2, 0) is 11.3 Å². The SMILES string of the molecule is CN(Cc1ccc(C(=O)O)cc1F)C1CCN(c2ccccc2Cl)C1=O. The molecule has 1 saturated heterocycles. The second-order valence-corrected chi connectivity index (χ2v) is 6.68. The highest BCUT2D eigenvalue weighted by Gasteiger charge is 2.36. The number of amides is 1. The number of rotatable bonds is 5. The Balaban J connectivity index is 1.73. The molecular weight excluding hydrogens is 359 g/mol. The van der Waals surface area contributed by atoms with Crippen LogP contribution in [0.4, 0.5) is 10.1 Å². The molecular formula is C19H18ClFN2O3. The number of hydrogen-bond acceptors (Lipinski definition) is 3. The molecule has 7 heteroatoms. The number of likely N-dealkylation sites (N-methyl/N-ethyl adjacent to an activating group) is 1. The van der Waals surface area contributed by atoms with E-state index in [0.717, 1.165) is 6.07 Å². The van der Waals surface area contributed by atoms with Crippen molar-refractivity contribution in [2.24, 2.45) is 0 Å². The molecule has 1 unspecified atom stereocenters. The lowest BCUT2D eigenvalue weighted by atomic mass is 10.1.